The Morgan fingerprint density at radius 2 is 1.11 bits per heavy atom. The van der Waals surface area contributed by atoms with Crippen molar-refractivity contribution in [2.24, 2.45) is 23.7 Å². The molecule has 0 bridgehead atoms. The van der Waals surface area contributed by atoms with Crippen molar-refractivity contribution in [3.05, 3.63) is 23.7 Å². The highest BCUT2D eigenvalue weighted by molar-refractivity contribution is 5.89. The van der Waals surface area contributed by atoms with E-state index >= 15 is 0 Å². The zero-order chi connectivity index (χ0) is 39.9. The van der Waals surface area contributed by atoms with Gasteiger partial charge in [-0.2, -0.15) is 0 Å². The maximum Gasteiger partial charge on any atom is 0.337 e. The first-order valence-corrected chi connectivity index (χ1v) is 18.0. The molecule has 0 spiro atoms. The minimum absolute atomic E-state index is 0.000646. The quantitative estimate of drug-likeness (QED) is 0.0984. The second-order valence-corrected chi connectivity index (χ2v) is 14.4. The van der Waals surface area contributed by atoms with Crippen LogP contribution in [0, 0.1) is 23.7 Å². The summed E-state index contributed by atoms with van der Waals surface area (Å²) < 4.78 is 62.2. The van der Waals surface area contributed by atoms with Gasteiger partial charge in [0.1, 0.15) is 48.8 Å². The minimum Gasteiger partial charge on any atom is -0.471 e. The number of aliphatic hydroxyl groups is 8. The van der Waals surface area contributed by atoms with Crippen LogP contribution in [0.1, 0.15) is 26.7 Å². The van der Waals surface area contributed by atoms with Crippen molar-refractivity contribution in [3.63, 3.8) is 0 Å². The van der Waals surface area contributed by atoms with Crippen LogP contribution in [0.3, 0.4) is 0 Å². The summed E-state index contributed by atoms with van der Waals surface area (Å²) in [5.41, 5.74) is 0.258. The standard InChI is InChI=1S/C34H50O21/c1-11-21-13(5-19(36)50-11)15(29(43)45-3)8-48-31(21)55-34-28(42)26(40)24(38)18(53-34)10-47-20-6-14-16(30(44)46-4)9-49-32(22(14)12(2)51-20)54-33-27(41)25(39)23(37)17(7-35)52-33/h8-9,11-14,17-28,31-42H,5-7,10H2,1-4H3/t11-,12-,13+,14+,17+,18+,19+,20+,21+,22+,23+,24+,25-,26-,27+,28+,31-,32-,33-,34-/m0/s1. The van der Waals surface area contributed by atoms with E-state index in [4.69, 9.17) is 52.1 Å². The van der Waals surface area contributed by atoms with Gasteiger partial charge in [-0.15, -0.1) is 0 Å². The highest BCUT2D eigenvalue weighted by atomic mass is 16.8. The van der Waals surface area contributed by atoms with Crippen molar-refractivity contribution in [3.8, 4) is 0 Å². The Morgan fingerprint density at radius 1 is 0.636 bits per heavy atom. The van der Waals surface area contributed by atoms with Crippen molar-refractivity contribution in [1.29, 1.82) is 0 Å². The van der Waals surface area contributed by atoms with Crippen LogP contribution in [0.25, 0.3) is 0 Å². The third kappa shape index (κ3) is 8.38. The molecule has 0 aromatic carbocycles. The number of esters is 2. The van der Waals surface area contributed by atoms with E-state index in [1.165, 1.54) is 14.2 Å². The highest BCUT2D eigenvalue weighted by Gasteiger charge is 2.54. The molecular formula is C34H50O21. The highest BCUT2D eigenvalue weighted by Crippen LogP contribution is 2.45. The molecule has 4 fully saturated rings. The fraction of sp³-hybridized carbons (Fsp3) is 0.824. The van der Waals surface area contributed by atoms with E-state index in [0.29, 0.717) is 0 Å². The SMILES string of the molecule is COC(=O)C1=CO[C@@H](O[C@@H]2O[C@H](CO)[C@@H](O)[C@H](O)[C@H]2O)[C@@H]2[C@H](C)O[C@@H](OC[C@H]3O[C@@H](O[C@@H]4OC=C(C(=O)OC)[C@H]5C[C@H](O)O[C@@H](C)[C@@H]45)[C@H](O)[C@@H](O)[C@@H]3O)C[C@H]12. The number of aliphatic hydroxyl groups excluding tert-OH is 8. The molecule has 6 heterocycles. The molecule has 0 aromatic rings. The van der Waals surface area contributed by atoms with Crippen LogP contribution in [-0.4, -0.2) is 179 Å². The molecule has 312 valence electrons. The van der Waals surface area contributed by atoms with Gasteiger partial charge in [0, 0.05) is 24.7 Å². The maximum atomic E-state index is 12.8. The van der Waals surface area contributed by atoms with Crippen molar-refractivity contribution in [2.45, 2.75) is 125 Å². The predicted octanol–water partition coefficient (Wildman–Crippen LogP) is -3.80. The minimum atomic E-state index is -1.77. The van der Waals surface area contributed by atoms with Gasteiger partial charge in [0.05, 0.1) is 75.1 Å². The first-order valence-electron chi connectivity index (χ1n) is 18.0. The fourth-order valence-corrected chi connectivity index (χ4v) is 8.10. The number of hydrogen-bond acceptors (Lipinski definition) is 21. The Morgan fingerprint density at radius 3 is 1.62 bits per heavy atom. The average molecular weight is 795 g/mol. The fourth-order valence-electron chi connectivity index (χ4n) is 8.10. The smallest absolute Gasteiger partial charge is 0.337 e. The second-order valence-electron chi connectivity index (χ2n) is 14.4. The summed E-state index contributed by atoms with van der Waals surface area (Å²) in [6.45, 7) is 2.20. The Kier molecular flexibility index (Phi) is 13.4. The summed E-state index contributed by atoms with van der Waals surface area (Å²) in [6, 6.07) is 0. The summed E-state index contributed by atoms with van der Waals surface area (Å²) in [5, 5.41) is 83.4. The predicted molar refractivity (Wildman–Crippen MR) is 173 cm³/mol. The first-order chi connectivity index (χ1) is 26.2. The van der Waals surface area contributed by atoms with Crippen LogP contribution >= 0.6 is 0 Å². The van der Waals surface area contributed by atoms with Gasteiger partial charge in [-0.3, -0.25) is 0 Å². The number of methoxy groups -OCH3 is 2. The number of fused-ring (bicyclic) bond motifs is 2. The zero-order valence-electron chi connectivity index (χ0n) is 30.4. The summed E-state index contributed by atoms with van der Waals surface area (Å²) in [7, 11) is 2.39. The number of hydrogen-bond donors (Lipinski definition) is 8. The lowest BCUT2D eigenvalue weighted by Gasteiger charge is -2.48. The van der Waals surface area contributed by atoms with Gasteiger partial charge >= 0.3 is 11.9 Å². The molecule has 6 rings (SSSR count). The number of ether oxygens (including phenoxy) is 11. The Bertz CT molecular complexity index is 1410. The molecule has 0 amide bonds. The molecule has 0 aliphatic carbocycles. The van der Waals surface area contributed by atoms with Crippen molar-refractivity contribution in [1.82, 2.24) is 0 Å². The van der Waals surface area contributed by atoms with E-state index < -0.39 is 148 Å². The van der Waals surface area contributed by atoms with Gasteiger partial charge in [-0.05, 0) is 13.8 Å². The van der Waals surface area contributed by atoms with Gasteiger partial charge in [0.2, 0.25) is 12.6 Å². The summed E-state index contributed by atoms with van der Waals surface area (Å²) in [6.07, 6.45) is -19.8. The lowest BCUT2D eigenvalue weighted by Crippen LogP contribution is -2.61. The summed E-state index contributed by atoms with van der Waals surface area (Å²) >= 11 is 0. The van der Waals surface area contributed by atoms with E-state index in [2.05, 4.69) is 0 Å². The van der Waals surface area contributed by atoms with Crippen molar-refractivity contribution < 1.29 is 103 Å². The maximum absolute atomic E-state index is 12.8. The number of carbonyl (C=O) groups is 2. The van der Waals surface area contributed by atoms with E-state index in [9.17, 15) is 50.4 Å². The second kappa shape index (κ2) is 17.5. The molecule has 8 N–H and O–H groups in total. The molecule has 6 aliphatic heterocycles. The largest absolute Gasteiger partial charge is 0.471 e. The Hall–Kier alpha value is -2.58. The van der Waals surface area contributed by atoms with Gasteiger partial charge < -0.3 is 93.0 Å². The average Bonchev–Trinajstić information content (AvgIpc) is 3.16. The molecule has 0 saturated carbocycles. The molecule has 0 radical (unpaired) electrons. The van der Waals surface area contributed by atoms with E-state index in [0.717, 1.165) is 12.5 Å². The van der Waals surface area contributed by atoms with Crippen molar-refractivity contribution in [2.75, 3.05) is 27.4 Å². The van der Waals surface area contributed by atoms with Crippen molar-refractivity contribution >= 4 is 11.9 Å². The molecule has 0 aromatic heterocycles. The molecule has 21 heteroatoms. The molecule has 0 unspecified atom stereocenters. The van der Waals surface area contributed by atoms with Crippen LogP contribution < -0.4 is 0 Å². The number of rotatable bonds is 10. The van der Waals surface area contributed by atoms with Crippen LogP contribution in [0.4, 0.5) is 0 Å². The summed E-state index contributed by atoms with van der Waals surface area (Å²) in [4.78, 5) is 25.3. The van der Waals surface area contributed by atoms with Gasteiger partial charge in [0.25, 0.3) is 0 Å². The van der Waals surface area contributed by atoms with Gasteiger partial charge in [0.15, 0.2) is 25.2 Å². The topological polar surface area (TPSA) is 298 Å². The van der Waals surface area contributed by atoms with Gasteiger partial charge in [-0.25, -0.2) is 9.59 Å². The Labute approximate surface area is 314 Å². The monoisotopic (exact) mass is 794 g/mol. The van der Waals surface area contributed by atoms with E-state index in [-0.39, 0.29) is 24.0 Å². The van der Waals surface area contributed by atoms with E-state index in [1.807, 2.05) is 0 Å². The van der Waals surface area contributed by atoms with Crippen LogP contribution in [-0.2, 0) is 61.7 Å². The molecule has 21 nitrogen and oxygen atoms in total. The molecule has 20 atom stereocenters. The lowest BCUT2D eigenvalue weighted by atomic mass is 9.77. The first kappa shape index (κ1) is 42.0. The Balaban J connectivity index is 1.13. The lowest BCUT2D eigenvalue weighted by molar-refractivity contribution is -0.362. The van der Waals surface area contributed by atoms with Crippen LogP contribution in [0.15, 0.2) is 23.7 Å². The number of carbonyl (C=O) groups excluding carboxylic acids is 2. The van der Waals surface area contributed by atoms with Crippen LogP contribution in [0.5, 0.6) is 0 Å². The van der Waals surface area contributed by atoms with E-state index in [1.54, 1.807) is 13.8 Å². The molecule has 55 heavy (non-hydrogen) atoms. The van der Waals surface area contributed by atoms with Crippen LogP contribution in [0.2, 0.25) is 0 Å². The third-order valence-corrected chi connectivity index (χ3v) is 11.1. The molecule has 4 saturated heterocycles. The summed E-state index contributed by atoms with van der Waals surface area (Å²) in [5.74, 6) is -4.15. The molecular weight excluding hydrogens is 744 g/mol. The van der Waals surface area contributed by atoms with Gasteiger partial charge in [-0.1, -0.05) is 0 Å². The zero-order valence-corrected chi connectivity index (χ0v) is 30.4. The molecule has 6 aliphatic rings. The third-order valence-electron chi connectivity index (χ3n) is 11.1. The normalized spacial score (nSPS) is 47.1.